The van der Waals surface area contributed by atoms with Crippen molar-refractivity contribution >= 4 is 17.3 Å². The summed E-state index contributed by atoms with van der Waals surface area (Å²) in [5.41, 5.74) is 1.53. The Morgan fingerprint density at radius 1 is 0.656 bits per heavy atom. The molecule has 0 atom stereocenters. The van der Waals surface area contributed by atoms with Gasteiger partial charge in [0.25, 0.3) is 0 Å². The summed E-state index contributed by atoms with van der Waals surface area (Å²) in [7, 11) is 1.63. The SMILES string of the molecule is COCCOc1ccc(NCC(=O)Nc2ccc(OCCOc3ccccc3)cc2)cc1. The van der Waals surface area contributed by atoms with Gasteiger partial charge in [-0.25, -0.2) is 0 Å². The highest BCUT2D eigenvalue weighted by molar-refractivity contribution is 5.93. The number of carbonyl (C=O) groups excluding carboxylic acids is 1. The van der Waals surface area contributed by atoms with Crippen molar-refractivity contribution in [1.82, 2.24) is 0 Å². The number of hydrogen-bond donors (Lipinski definition) is 2. The van der Waals surface area contributed by atoms with Crippen LogP contribution in [0.1, 0.15) is 0 Å². The summed E-state index contributed by atoms with van der Waals surface area (Å²) in [4.78, 5) is 12.2. The lowest BCUT2D eigenvalue weighted by atomic mass is 10.3. The van der Waals surface area contributed by atoms with E-state index in [0.29, 0.717) is 37.9 Å². The lowest BCUT2D eigenvalue weighted by Crippen LogP contribution is -2.21. The second-order valence-corrected chi connectivity index (χ2v) is 6.80. The first-order valence-corrected chi connectivity index (χ1v) is 10.4. The van der Waals surface area contributed by atoms with Gasteiger partial charge >= 0.3 is 0 Å². The largest absolute Gasteiger partial charge is 0.491 e. The number of hydrogen-bond acceptors (Lipinski definition) is 6. The fraction of sp³-hybridized carbons (Fsp3) is 0.240. The van der Waals surface area contributed by atoms with Crippen molar-refractivity contribution in [2.75, 3.05) is 50.7 Å². The summed E-state index contributed by atoms with van der Waals surface area (Å²) in [6.45, 7) is 2.07. The molecule has 0 saturated carbocycles. The molecule has 3 rings (SSSR count). The topological polar surface area (TPSA) is 78.1 Å². The predicted octanol–water partition coefficient (Wildman–Crippen LogP) is 4.22. The van der Waals surface area contributed by atoms with Crippen LogP contribution in [0.15, 0.2) is 78.9 Å². The van der Waals surface area contributed by atoms with Crippen molar-refractivity contribution in [3.63, 3.8) is 0 Å². The molecule has 0 aliphatic heterocycles. The minimum Gasteiger partial charge on any atom is -0.491 e. The molecule has 3 aromatic carbocycles. The summed E-state index contributed by atoms with van der Waals surface area (Å²) in [5, 5.41) is 5.94. The maximum absolute atomic E-state index is 12.2. The molecule has 0 saturated heterocycles. The minimum absolute atomic E-state index is 0.143. The molecule has 0 aromatic heterocycles. The van der Waals surface area contributed by atoms with Crippen molar-refractivity contribution in [3.8, 4) is 17.2 Å². The van der Waals surface area contributed by atoms with Gasteiger partial charge in [0, 0.05) is 18.5 Å². The van der Waals surface area contributed by atoms with E-state index in [0.717, 1.165) is 17.2 Å². The molecular weight excluding hydrogens is 408 g/mol. The van der Waals surface area contributed by atoms with Crippen LogP contribution in [-0.4, -0.2) is 46.0 Å². The van der Waals surface area contributed by atoms with Crippen LogP contribution < -0.4 is 24.8 Å². The molecule has 0 spiro atoms. The maximum atomic E-state index is 12.2. The summed E-state index contributed by atoms with van der Waals surface area (Å²) in [5.74, 6) is 2.14. The highest BCUT2D eigenvalue weighted by Crippen LogP contribution is 2.17. The molecule has 32 heavy (non-hydrogen) atoms. The standard InChI is InChI=1S/C25H28N2O5/c1-29-15-16-30-23-11-7-20(8-12-23)26-19-25(28)27-21-9-13-24(14-10-21)32-18-17-31-22-5-3-2-4-6-22/h2-14,26H,15-19H2,1H3,(H,27,28). The van der Waals surface area contributed by atoms with Crippen molar-refractivity contribution in [3.05, 3.63) is 78.9 Å². The van der Waals surface area contributed by atoms with E-state index >= 15 is 0 Å². The first-order chi connectivity index (χ1) is 15.7. The molecule has 0 radical (unpaired) electrons. The number of para-hydroxylation sites is 1. The molecule has 0 aliphatic rings. The Kier molecular flexibility index (Phi) is 9.23. The zero-order valence-corrected chi connectivity index (χ0v) is 18.1. The first kappa shape index (κ1) is 23.0. The van der Waals surface area contributed by atoms with Gasteiger partial charge < -0.3 is 29.6 Å². The van der Waals surface area contributed by atoms with Crippen LogP contribution in [-0.2, 0) is 9.53 Å². The maximum Gasteiger partial charge on any atom is 0.243 e. The fourth-order valence-corrected chi connectivity index (χ4v) is 2.77. The van der Waals surface area contributed by atoms with E-state index in [9.17, 15) is 4.79 Å². The molecule has 3 aromatic rings. The van der Waals surface area contributed by atoms with Gasteiger partial charge in [-0.15, -0.1) is 0 Å². The zero-order chi connectivity index (χ0) is 22.4. The molecule has 1 amide bonds. The fourth-order valence-electron chi connectivity index (χ4n) is 2.77. The Balaban J connectivity index is 1.34. The van der Waals surface area contributed by atoms with Crippen LogP contribution in [0, 0.1) is 0 Å². The van der Waals surface area contributed by atoms with E-state index < -0.39 is 0 Å². The Bertz CT molecular complexity index is 931. The van der Waals surface area contributed by atoms with Crippen molar-refractivity contribution < 1.29 is 23.7 Å². The Morgan fingerprint density at radius 2 is 1.16 bits per heavy atom. The van der Waals surface area contributed by atoms with Crippen LogP contribution in [0.2, 0.25) is 0 Å². The number of benzene rings is 3. The molecule has 168 valence electrons. The lowest BCUT2D eigenvalue weighted by Gasteiger charge is -2.11. The number of methoxy groups -OCH3 is 1. The Hall–Kier alpha value is -3.71. The number of nitrogens with one attached hydrogen (secondary N) is 2. The van der Waals surface area contributed by atoms with Crippen LogP contribution in [0.5, 0.6) is 17.2 Å². The quantitative estimate of drug-likeness (QED) is 0.391. The van der Waals surface area contributed by atoms with Crippen LogP contribution in [0.25, 0.3) is 0 Å². The van der Waals surface area contributed by atoms with Gasteiger partial charge in [-0.1, -0.05) is 18.2 Å². The average molecular weight is 437 g/mol. The van der Waals surface area contributed by atoms with Gasteiger partial charge in [0.1, 0.15) is 37.1 Å². The molecule has 0 heterocycles. The third-order valence-electron chi connectivity index (χ3n) is 4.37. The third kappa shape index (κ3) is 8.20. The average Bonchev–Trinajstić information content (AvgIpc) is 2.83. The number of ether oxygens (including phenoxy) is 4. The second kappa shape index (κ2) is 12.9. The predicted molar refractivity (Wildman–Crippen MR) is 125 cm³/mol. The van der Waals surface area contributed by atoms with Gasteiger partial charge in [0.05, 0.1) is 13.2 Å². The van der Waals surface area contributed by atoms with Crippen molar-refractivity contribution in [2.24, 2.45) is 0 Å². The highest BCUT2D eigenvalue weighted by atomic mass is 16.5. The molecule has 0 fully saturated rings. The van der Waals surface area contributed by atoms with Crippen LogP contribution >= 0.6 is 0 Å². The normalized spacial score (nSPS) is 10.3. The van der Waals surface area contributed by atoms with E-state index in [4.69, 9.17) is 18.9 Å². The summed E-state index contributed by atoms with van der Waals surface area (Å²) in [6, 6.07) is 24.3. The zero-order valence-electron chi connectivity index (χ0n) is 18.1. The van der Waals surface area contributed by atoms with Gasteiger partial charge in [-0.3, -0.25) is 4.79 Å². The molecule has 7 nitrogen and oxygen atoms in total. The van der Waals surface area contributed by atoms with E-state index in [-0.39, 0.29) is 12.5 Å². The molecular formula is C25H28N2O5. The Labute approximate surface area is 188 Å². The lowest BCUT2D eigenvalue weighted by molar-refractivity contribution is -0.114. The van der Waals surface area contributed by atoms with Gasteiger partial charge in [-0.2, -0.15) is 0 Å². The smallest absolute Gasteiger partial charge is 0.243 e. The highest BCUT2D eigenvalue weighted by Gasteiger charge is 2.04. The van der Waals surface area contributed by atoms with E-state index in [2.05, 4.69) is 10.6 Å². The van der Waals surface area contributed by atoms with Gasteiger partial charge in [0.15, 0.2) is 0 Å². The number of amides is 1. The summed E-state index contributed by atoms with van der Waals surface area (Å²) >= 11 is 0. The number of rotatable bonds is 13. The molecule has 0 aliphatic carbocycles. The number of carbonyl (C=O) groups is 1. The molecule has 0 unspecified atom stereocenters. The van der Waals surface area contributed by atoms with E-state index in [1.807, 2.05) is 66.7 Å². The monoisotopic (exact) mass is 436 g/mol. The Morgan fingerprint density at radius 3 is 1.72 bits per heavy atom. The van der Waals surface area contributed by atoms with Crippen molar-refractivity contribution in [1.29, 1.82) is 0 Å². The van der Waals surface area contributed by atoms with Crippen LogP contribution in [0.3, 0.4) is 0 Å². The second-order valence-electron chi connectivity index (χ2n) is 6.80. The summed E-state index contributed by atoms with van der Waals surface area (Å²) in [6.07, 6.45) is 0. The van der Waals surface area contributed by atoms with E-state index in [1.165, 1.54) is 0 Å². The van der Waals surface area contributed by atoms with E-state index in [1.54, 1.807) is 19.2 Å². The molecule has 2 N–H and O–H groups in total. The first-order valence-electron chi connectivity index (χ1n) is 10.4. The van der Waals surface area contributed by atoms with Gasteiger partial charge in [0.2, 0.25) is 5.91 Å². The molecule has 0 bridgehead atoms. The van der Waals surface area contributed by atoms with Crippen molar-refractivity contribution in [2.45, 2.75) is 0 Å². The third-order valence-corrected chi connectivity index (χ3v) is 4.37. The molecule has 7 heteroatoms. The minimum atomic E-state index is -0.143. The summed E-state index contributed by atoms with van der Waals surface area (Å²) < 4.78 is 21.7. The number of anilines is 2. The van der Waals surface area contributed by atoms with Gasteiger partial charge in [-0.05, 0) is 60.7 Å². The van der Waals surface area contributed by atoms with Crippen LogP contribution in [0.4, 0.5) is 11.4 Å².